The molecule has 1 aliphatic carbocycles. The molecule has 2 aliphatic rings. The van der Waals surface area contributed by atoms with Crippen LogP contribution in [-0.2, 0) is 33.4 Å². The summed E-state index contributed by atoms with van der Waals surface area (Å²) in [5.74, 6) is -4.18. The lowest BCUT2D eigenvalue weighted by molar-refractivity contribution is -0.299. The Balaban J connectivity index is 1.26. The van der Waals surface area contributed by atoms with Crippen molar-refractivity contribution in [3.63, 3.8) is 0 Å². The second kappa shape index (κ2) is 20.3. The molecule has 4 rings (SSSR count). The first-order chi connectivity index (χ1) is 25.4. The molecular weight excluding hydrogens is 706 g/mol. The molecule has 2 aromatic rings. The van der Waals surface area contributed by atoms with Crippen molar-refractivity contribution in [2.45, 2.75) is 81.6 Å². The van der Waals surface area contributed by atoms with Crippen LogP contribution in [-0.4, -0.2) is 113 Å². The highest BCUT2D eigenvalue weighted by Crippen LogP contribution is 2.34. The van der Waals surface area contributed by atoms with Crippen LogP contribution in [0.5, 0.6) is 0 Å². The van der Waals surface area contributed by atoms with E-state index in [4.69, 9.17) is 19.3 Å². The van der Waals surface area contributed by atoms with E-state index in [-0.39, 0.29) is 44.4 Å². The lowest BCUT2D eigenvalue weighted by Crippen LogP contribution is -2.64. The Morgan fingerprint density at radius 2 is 1.70 bits per heavy atom. The quantitative estimate of drug-likeness (QED) is 0.0737. The molecule has 0 bridgehead atoms. The summed E-state index contributed by atoms with van der Waals surface area (Å²) in [6.45, 7) is 1.14. The number of carboxylic acid groups (broad SMARTS) is 1. The summed E-state index contributed by atoms with van der Waals surface area (Å²) in [6.07, 6.45) is 1.00. The number of carbonyl (C=O) groups excluding carboxylic acids is 4. The van der Waals surface area contributed by atoms with Gasteiger partial charge in [0.2, 0.25) is 11.8 Å². The second-order valence-electron chi connectivity index (χ2n) is 13.1. The molecule has 1 fully saturated rings. The average molecular weight is 756 g/mol. The van der Waals surface area contributed by atoms with Gasteiger partial charge in [-0.2, -0.15) is 11.8 Å². The highest BCUT2D eigenvalue weighted by atomic mass is 32.2. The molecule has 14 nitrogen and oxygen atoms in total. The first-order valence-corrected chi connectivity index (χ1v) is 18.8. The van der Waals surface area contributed by atoms with Gasteiger partial charge in [0, 0.05) is 50.1 Å². The lowest BCUT2D eigenvalue weighted by atomic mass is 9.90. The van der Waals surface area contributed by atoms with Gasteiger partial charge in [-0.25, -0.2) is 4.79 Å². The predicted molar refractivity (Wildman–Crippen MR) is 197 cm³/mol. The van der Waals surface area contributed by atoms with Crippen LogP contribution in [0.3, 0.4) is 0 Å². The molecule has 53 heavy (non-hydrogen) atoms. The van der Waals surface area contributed by atoms with E-state index in [1.807, 2.05) is 42.5 Å². The van der Waals surface area contributed by atoms with Gasteiger partial charge in [-0.05, 0) is 48.3 Å². The first kappa shape index (κ1) is 41.5. The van der Waals surface area contributed by atoms with E-state index in [9.17, 15) is 34.2 Å². The fraction of sp³-hybridized carbons (Fsp3) is 0.500. The van der Waals surface area contributed by atoms with Gasteiger partial charge in [0.05, 0.1) is 44.0 Å². The third-order valence-corrected chi connectivity index (χ3v) is 10.1. The highest BCUT2D eigenvalue weighted by Gasteiger charge is 2.54. The van der Waals surface area contributed by atoms with Crippen LogP contribution in [0.25, 0.3) is 11.1 Å². The van der Waals surface area contributed by atoms with Crippen molar-refractivity contribution in [3.05, 3.63) is 72.3 Å². The van der Waals surface area contributed by atoms with Gasteiger partial charge in [0.1, 0.15) is 0 Å². The van der Waals surface area contributed by atoms with Crippen molar-refractivity contribution in [3.8, 4) is 11.1 Å². The zero-order chi connectivity index (χ0) is 38.4. The molecule has 3 amide bonds. The Morgan fingerprint density at radius 1 is 0.981 bits per heavy atom. The van der Waals surface area contributed by atoms with E-state index in [0.29, 0.717) is 36.3 Å². The van der Waals surface area contributed by atoms with Crippen molar-refractivity contribution in [2.75, 3.05) is 31.8 Å². The van der Waals surface area contributed by atoms with E-state index >= 15 is 0 Å². The standard InChI is InChI=1S/C38H49N3O11S/c1-24(42)40-34-31(44)22-38(37(49)50-2,51-18-6-19-53-20-17-33(45)41-29-15-13-28(14-16-29)36(47)48)52-32(34)21-30(43)23-39-35(46)27-11-9-26(10-12-27)25-7-4-3-5-8-25/h3-5,7-13,15,28-32,34,43-44H,6,14,16-23H2,1-2H3,(H,39,46)(H,40,42)(H,41,45)(H,47,48). The molecule has 0 spiro atoms. The number of ether oxygens (including phenoxy) is 3. The fourth-order valence-corrected chi connectivity index (χ4v) is 7.13. The number of hydrogen-bond acceptors (Lipinski definition) is 11. The zero-order valence-corrected chi connectivity index (χ0v) is 30.7. The molecule has 7 unspecified atom stereocenters. The molecule has 15 heteroatoms. The maximum absolute atomic E-state index is 13.1. The summed E-state index contributed by atoms with van der Waals surface area (Å²) in [4.78, 5) is 61.4. The number of carbonyl (C=O) groups is 5. The van der Waals surface area contributed by atoms with Gasteiger partial charge in [0.15, 0.2) is 0 Å². The maximum atomic E-state index is 13.1. The second-order valence-corrected chi connectivity index (χ2v) is 14.3. The Kier molecular flexibility index (Phi) is 15.8. The van der Waals surface area contributed by atoms with Gasteiger partial charge in [0.25, 0.3) is 11.7 Å². The molecule has 0 radical (unpaired) electrons. The van der Waals surface area contributed by atoms with E-state index < -0.39 is 59.8 Å². The van der Waals surface area contributed by atoms with Crippen LogP contribution in [0.1, 0.15) is 55.8 Å². The summed E-state index contributed by atoms with van der Waals surface area (Å²) < 4.78 is 17.1. The van der Waals surface area contributed by atoms with Crippen LogP contribution in [0, 0.1) is 5.92 Å². The number of methoxy groups -OCH3 is 1. The summed E-state index contributed by atoms with van der Waals surface area (Å²) in [5, 5.41) is 39.4. The van der Waals surface area contributed by atoms with E-state index in [1.54, 1.807) is 24.3 Å². The monoisotopic (exact) mass is 755 g/mol. The molecule has 1 saturated heterocycles. The van der Waals surface area contributed by atoms with Gasteiger partial charge in [-0.3, -0.25) is 19.2 Å². The molecule has 0 aromatic heterocycles. The SMILES string of the molecule is COC(=O)C1(OCCCSCCC(=O)NC2C=CC(C(=O)O)CC2)CC(O)C(NC(C)=O)C(CC(O)CNC(=O)c2ccc(-c3ccccc3)cc2)O1. The molecule has 2 aromatic carbocycles. The van der Waals surface area contributed by atoms with Gasteiger partial charge in [-0.1, -0.05) is 54.6 Å². The van der Waals surface area contributed by atoms with E-state index in [0.717, 1.165) is 18.2 Å². The third-order valence-electron chi connectivity index (χ3n) is 9.03. The van der Waals surface area contributed by atoms with E-state index in [1.165, 1.54) is 18.7 Å². The number of aliphatic hydroxyl groups excluding tert-OH is 2. The summed E-state index contributed by atoms with van der Waals surface area (Å²) in [5.41, 5.74) is 2.35. The Hall–Kier alpha value is -4.28. The van der Waals surface area contributed by atoms with Crippen molar-refractivity contribution in [2.24, 2.45) is 5.92 Å². The van der Waals surface area contributed by atoms with Crippen LogP contribution in [0.15, 0.2) is 66.7 Å². The van der Waals surface area contributed by atoms with Crippen LogP contribution >= 0.6 is 11.8 Å². The number of rotatable bonds is 18. The normalized spacial score (nSPS) is 24.4. The minimum atomic E-state index is -2.02. The Morgan fingerprint density at radius 3 is 2.34 bits per heavy atom. The highest BCUT2D eigenvalue weighted by molar-refractivity contribution is 7.99. The third kappa shape index (κ3) is 12.4. The number of aliphatic hydroxyl groups is 2. The first-order valence-electron chi connectivity index (χ1n) is 17.7. The number of esters is 1. The molecule has 1 aliphatic heterocycles. The molecular formula is C38H49N3O11S. The lowest BCUT2D eigenvalue weighted by Gasteiger charge is -2.45. The molecule has 7 atom stereocenters. The number of hydrogen-bond donors (Lipinski definition) is 6. The van der Waals surface area contributed by atoms with Crippen molar-refractivity contribution in [1.29, 1.82) is 0 Å². The molecule has 6 N–H and O–H groups in total. The van der Waals surface area contributed by atoms with Gasteiger partial charge < -0.3 is 45.5 Å². The number of thioether (sulfide) groups is 1. The molecule has 0 saturated carbocycles. The minimum absolute atomic E-state index is 0.0395. The number of carboxylic acids is 1. The smallest absolute Gasteiger partial charge is 0.366 e. The number of benzene rings is 2. The molecule has 288 valence electrons. The Bertz CT molecular complexity index is 1570. The zero-order valence-electron chi connectivity index (χ0n) is 29.9. The number of nitrogens with one attached hydrogen (secondary N) is 3. The fourth-order valence-electron chi connectivity index (χ4n) is 6.27. The van der Waals surface area contributed by atoms with Crippen molar-refractivity contribution >= 4 is 41.4 Å². The predicted octanol–water partition coefficient (Wildman–Crippen LogP) is 2.42. The van der Waals surface area contributed by atoms with Crippen molar-refractivity contribution < 1.29 is 53.5 Å². The van der Waals surface area contributed by atoms with Crippen LogP contribution in [0.2, 0.25) is 0 Å². The summed E-state index contributed by atoms with van der Waals surface area (Å²) >= 11 is 1.51. The summed E-state index contributed by atoms with van der Waals surface area (Å²) in [6, 6.07) is 15.6. The average Bonchev–Trinajstić information content (AvgIpc) is 3.15. The Labute approximate surface area is 313 Å². The molecule has 1 heterocycles. The summed E-state index contributed by atoms with van der Waals surface area (Å²) in [7, 11) is 1.16. The largest absolute Gasteiger partial charge is 0.481 e. The maximum Gasteiger partial charge on any atom is 0.366 e. The number of amides is 3. The number of aliphatic carboxylic acids is 1. The van der Waals surface area contributed by atoms with Crippen LogP contribution in [0.4, 0.5) is 0 Å². The van der Waals surface area contributed by atoms with Crippen LogP contribution < -0.4 is 16.0 Å². The van der Waals surface area contributed by atoms with Gasteiger partial charge in [-0.15, -0.1) is 0 Å². The topological polar surface area (TPSA) is 210 Å². The van der Waals surface area contributed by atoms with E-state index in [2.05, 4.69) is 16.0 Å². The van der Waals surface area contributed by atoms with Crippen molar-refractivity contribution in [1.82, 2.24) is 16.0 Å². The van der Waals surface area contributed by atoms with Gasteiger partial charge >= 0.3 is 11.9 Å². The minimum Gasteiger partial charge on any atom is -0.481 e.